The van der Waals surface area contributed by atoms with Crippen LogP contribution in [-0.2, 0) is 4.74 Å². The van der Waals surface area contributed by atoms with Gasteiger partial charge in [0.1, 0.15) is 5.76 Å². The van der Waals surface area contributed by atoms with Crippen LogP contribution in [0.1, 0.15) is 56.6 Å². The molecule has 188 valence electrons. The smallest absolute Gasteiger partial charge is 0.192 e. The summed E-state index contributed by atoms with van der Waals surface area (Å²) >= 11 is 0. The summed E-state index contributed by atoms with van der Waals surface area (Å²) < 4.78 is 64.1. The molecule has 0 aliphatic heterocycles. The first-order chi connectivity index (χ1) is 16.9. The molecule has 1 aromatic carbocycles. The number of rotatable bonds is 7. The van der Waals surface area contributed by atoms with Crippen LogP contribution in [0.4, 0.5) is 17.6 Å². The summed E-state index contributed by atoms with van der Waals surface area (Å²) in [4.78, 5) is 0. The van der Waals surface area contributed by atoms with Gasteiger partial charge in [0.25, 0.3) is 0 Å². The number of allylic oxidation sites excluding steroid dienone is 10. The molecule has 3 aliphatic carbocycles. The minimum atomic E-state index is -1.87. The third-order valence-corrected chi connectivity index (χ3v) is 7.66. The SMILES string of the molecule is C/C=C/CCC1CCC(C2=CC=C(c3ccc(C4=CC=C(OC)C(F)C4F)cc3)C(F)C2F)CC1. The van der Waals surface area contributed by atoms with Gasteiger partial charge in [-0.15, -0.1) is 0 Å². The zero-order chi connectivity index (χ0) is 24.9. The molecular formula is C30H34F4O. The highest BCUT2D eigenvalue weighted by molar-refractivity contribution is 5.77. The number of halogens is 4. The van der Waals surface area contributed by atoms with E-state index in [0.717, 1.165) is 38.5 Å². The fourth-order valence-corrected chi connectivity index (χ4v) is 5.55. The first-order valence-electron chi connectivity index (χ1n) is 12.6. The molecule has 0 bridgehead atoms. The standard InChI is InChI=1S/C30H34F4O/c1-3-4-5-6-19-7-9-20(10-8-19)23-15-16-24(28(32)27(23)31)21-11-13-22(14-12-21)25-17-18-26(35-2)30(34)29(25)33/h3-4,11-20,27-30H,5-10H2,1-2H3/b4-3+. The lowest BCUT2D eigenvalue weighted by atomic mass is 9.73. The van der Waals surface area contributed by atoms with Crippen molar-refractivity contribution in [3.63, 3.8) is 0 Å². The van der Waals surface area contributed by atoms with E-state index in [9.17, 15) is 8.78 Å². The van der Waals surface area contributed by atoms with Crippen LogP contribution in [0.2, 0.25) is 0 Å². The van der Waals surface area contributed by atoms with Gasteiger partial charge in [0, 0.05) is 0 Å². The van der Waals surface area contributed by atoms with Crippen molar-refractivity contribution in [3.8, 4) is 0 Å². The zero-order valence-corrected chi connectivity index (χ0v) is 20.4. The molecule has 4 rings (SSSR count). The maximum absolute atomic E-state index is 15.2. The van der Waals surface area contributed by atoms with Gasteiger partial charge in [0.2, 0.25) is 0 Å². The number of ether oxygens (including phenoxy) is 1. The molecule has 1 saturated carbocycles. The van der Waals surface area contributed by atoms with Gasteiger partial charge in [-0.3, -0.25) is 0 Å². The fraction of sp³-hybridized carbons (Fsp3) is 0.467. The Morgan fingerprint density at radius 1 is 0.771 bits per heavy atom. The van der Waals surface area contributed by atoms with E-state index in [-0.39, 0.29) is 22.8 Å². The van der Waals surface area contributed by atoms with Crippen LogP contribution >= 0.6 is 0 Å². The lowest BCUT2D eigenvalue weighted by Gasteiger charge is -2.34. The van der Waals surface area contributed by atoms with Crippen LogP contribution in [-0.4, -0.2) is 31.8 Å². The molecule has 0 spiro atoms. The van der Waals surface area contributed by atoms with Crippen molar-refractivity contribution in [1.82, 2.24) is 0 Å². The summed E-state index contributed by atoms with van der Waals surface area (Å²) in [6.45, 7) is 2.03. The van der Waals surface area contributed by atoms with E-state index in [2.05, 4.69) is 12.2 Å². The Hall–Kier alpha value is -2.56. The van der Waals surface area contributed by atoms with E-state index in [0.29, 0.717) is 22.6 Å². The molecule has 1 fully saturated rings. The Bertz CT molecular complexity index is 1020. The topological polar surface area (TPSA) is 9.23 Å². The molecule has 35 heavy (non-hydrogen) atoms. The Morgan fingerprint density at radius 3 is 1.91 bits per heavy atom. The molecule has 4 atom stereocenters. The average molecular weight is 487 g/mol. The molecule has 1 nitrogen and oxygen atoms in total. The van der Waals surface area contributed by atoms with E-state index < -0.39 is 24.7 Å². The lowest BCUT2D eigenvalue weighted by Crippen LogP contribution is -2.29. The van der Waals surface area contributed by atoms with E-state index in [1.54, 1.807) is 36.4 Å². The minimum Gasteiger partial charge on any atom is -0.498 e. The number of benzene rings is 1. The summed E-state index contributed by atoms with van der Waals surface area (Å²) in [7, 11) is 1.31. The highest BCUT2D eigenvalue weighted by atomic mass is 19.2. The molecule has 0 amide bonds. The molecule has 4 unspecified atom stereocenters. The lowest BCUT2D eigenvalue weighted by molar-refractivity contribution is 0.152. The van der Waals surface area contributed by atoms with Crippen LogP contribution in [0.5, 0.6) is 0 Å². The summed E-state index contributed by atoms with van der Waals surface area (Å²) in [5.74, 6) is 0.715. The summed E-state index contributed by atoms with van der Waals surface area (Å²) in [6.07, 6.45) is 9.71. The van der Waals surface area contributed by atoms with E-state index >= 15 is 8.78 Å². The van der Waals surface area contributed by atoms with Crippen molar-refractivity contribution < 1.29 is 22.3 Å². The zero-order valence-electron chi connectivity index (χ0n) is 20.4. The second kappa shape index (κ2) is 11.5. The molecule has 3 aliphatic rings. The quantitative estimate of drug-likeness (QED) is 0.277. The minimum absolute atomic E-state index is 0.0517. The monoisotopic (exact) mass is 486 g/mol. The first kappa shape index (κ1) is 25.5. The fourth-order valence-electron chi connectivity index (χ4n) is 5.55. The predicted molar refractivity (Wildman–Crippen MR) is 135 cm³/mol. The summed E-state index contributed by atoms with van der Waals surface area (Å²) in [5.41, 5.74) is 2.11. The van der Waals surface area contributed by atoms with Crippen LogP contribution in [0.3, 0.4) is 0 Å². The van der Waals surface area contributed by atoms with E-state index in [1.165, 1.54) is 19.3 Å². The van der Waals surface area contributed by atoms with Gasteiger partial charge in [-0.25, -0.2) is 17.6 Å². The maximum atomic E-state index is 15.2. The van der Waals surface area contributed by atoms with Gasteiger partial charge in [-0.05, 0) is 91.2 Å². The third-order valence-electron chi connectivity index (χ3n) is 7.66. The van der Waals surface area contributed by atoms with Crippen molar-refractivity contribution in [2.45, 2.75) is 70.1 Å². The predicted octanol–water partition coefficient (Wildman–Crippen LogP) is 8.45. The van der Waals surface area contributed by atoms with Crippen LogP contribution in [0.15, 0.2) is 72.1 Å². The molecule has 1 aromatic rings. The Morgan fingerprint density at radius 2 is 1.34 bits per heavy atom. The molecular weight excluding hydrogens is 452 g/mol. The van der Waals surface area contributed by atoms with Gasteiger partial charge >= 0.3 is 0 Å². The van der Waals surface area contributed by atoms with Gasteiger partial charge in [-0.2, -0.15) is 0 Å². The third kappa shape index (κ3) is 5.49. The highest BCUT2D eigenvalue weighted by Gasteiger charge is 2.36. The van der Waals surface area contributed by atoms with Crippen molar-refractivity contribution >= 4 is 11.1 Å². The Kier molecular flexibility index (Phi) is 8.35. The van der Waals surface area contributed by atoms with E-state index in [4.69, 9.17) is 4.74 Å². The van der Waals surface area contributed by atoms with Crippen molar-refractivity contribution in [1.29, 1.82) is 0 Å². The van der Waals surface area contributed by atoms with Gasteiger partial charge in [-0.1, -0.05) is 54.6 Å². The van der Waals surface area contributed by atoms with Gasteiger partial charge < -0.3 is 4.74 Å². The van der Waals surface area contributed by atoms with Crippen molar-refractivity contribution in [2.24, 2.45) is 11.8 Å². The highest BCUT2D eigenvalue weighted by Crippen LogP contribution is 2.42. The number of alkyl halides is 4. The molecule has 0 saturated heterocycles. The summed E-state index contributed by atoms with van der Waals surface area (Å²) in [6, 6.07) is 6.54. The van der Waals surface area contributed by atoms with Crippen molar-refractivity contribution in [2.75, 3.05) is 7.11 Å². The first-order valence-corrected chi connectivity index (χ1v) is 12.6. The number of methoxy groups -OCH3 is 1. The van der Waals surface area contributed by atoms with Gasteiger partial charge in [0.05, 0.1) is 7.11 Å². The number of hydrogen-bond donors (Lipinski definition) is 0. The molecule has 5 heteroatoms. The Balaban J connectivity index is 1.45. The van der Waals surface area contributed by atoms with Gasteiger partial charge in [0.15, 0.2) is 24.7 Å². The summed E-state index contributed by atoms with van der Waals surface area (Å²) in [5, 5.41) is 0. The second-order valence-electron chi connectivity index (χ2n) is 9.73. The maximum Gasteiger partial charge on any atom is 0.192 e. The van der Waals surface area contributed by atoms with Crippen LogP contribution < -0.4 is 0 Å². The molecule has 0 aromatic heterocycles. The van der Waals surface area contributed by atoms with Crippen LogP contribution in [0, 0.1) is 11.8 Å². The average Bonchev–Trinajstić information content (AvgIpc) is 2.88. The largest absolute Gasteiger partial charge is 0.498 e. The van der Waals surface area contributed by atoms with E-state index in [1.807, 2.05) is 6.92 Å². The molecule has 0 N–H and O–H groups in total. The normalized spacial score (nSPS) is 31.5. The Labute approximate surface area is 206 Å². The molecule has 0 radical (unpaired) electrons. The number of hydrogen-bond acceptors (Lipinski definition) is 1. The second-order valence-corrected chi connectivity index (χ2v) is 9.73. The van der Waals surface area contributed by atoms with Crippen molar-refractivity contribution in [3.05, 3.63) is 83.2 Å². The molecule has 0 heterocycles. The van der Waals surface area contributed by atoms with Crippen LogP contribution in [0.25, 0.3) is 11.1 Å².